The molecule has 2 aromatic carbocycles. The summed E-state index contributed by atoms with van der Waals surface area (Å²) in [6.07, 6.45) is 2.69. The first-order chi connectivity index (χ1) is 18.3. The number of hydrogen-bond donors (Lipinski definition) is 2. The Hall–Kier alpha value is -3.55. The van der Waals surface area contributed by atoms with E-state index in [9.17, 15) is 14.4 Å². The van der Waals surface area contributed by atoms with E-state index >= 15 is 0 Å². The zero-order chi connectivity index (χ0) is 27.1. The van der Waals surface area contributed by atoms with Gasteiger partial charge in [-0.05, 0) is 55.5 Å². The summed E-state index contributed by atoms with van der Waals surface area (Å²) in [5.74, 6) is 0.221. The van der Waals surface area contributed by atoms with E-state index < -0.39 is 0 Å². The molecule has 2 aliphatic heterocycles. The number of piperazine rings is 1. The van der Waals surface area contributed by atoms with Crippen LogP contribution in [0.2, 0.25) is 0 Å². The van der Waals surface area contributed by atoms with E-state index in [-0.39, 0.29) is 23.6 Å². The number of carbonyl (C=O) groups is 3. The third-order valence-electron chi connectivity index (χ3n) is 7.26. The summed E-state index contributed by atoms with van der Waals surface area (Å²) < 4.78 is 0. The van der Waals surface area contributed by atoms with E-state index in [1.807, 2.05) is 30.9 Å². The Morgan fingerprint density at radius 2 is 1.66 bits per heavy atom. The summed E-state index contributed by atoms with van der Waals surface area (Å²) in [7, 11) is 0. The van der Waals surface area contributed by atoms with Crippen molar-refractivity contribution in [2.75, 3.05) is 60.9 Å². The van der Waals surface area contributed by atoms with Crippen LogP contribution >= 0.6 is 0 Å². The maximum Gasteiger partial charge on any atom is 0.251 e. The molecule has 8 nitrogen and oxygen atoms in total. The minimum absolute atomic E-state index is 0.0485. The van der Waals surface area contributed by atoms with Crippen molar-refractivity contribution in [1.29, 1.82) is 0 Å². The molecular formula is C30H41N5O3. The van der Waals surface area contributed by atoms with Crippen molar-refractivity contribution < 1.29 is 14.4 Å². The number of carbonyl (C=O) groups excluding carboxylic acids is 3. The van der Waals surface area contributed by atoms with E-state index in [0.717, 1.165) is 51.3 Å². The highest BCUT2D eigenvalue weighted by atomic mass is 16.2. The lowest BCUT2D eigenvalue weighted by molar-refractivity contribution is -0.127. The van der Waals surface area contributed by atoms with E-state index in [1.54, 1.807) is 6.07 Å². The summed E-state index contributed by atoms with van der Waals surface area (Å²) in [6, 6.07) is 14.0. The number of amides is 3. The molecule has 2 aromatic rings. The number of nitrogens with zero attached hydrogens (tertiary/aromatic N) is 3. The topological polar surface area (TPSA) is 85.0 Å². The summed E-state index contributed by atoms with van der Waals surface area (Å²) in [5.41, 5.74) is 4.67. The second-order valence-electron chi connectivity index (χ2n) is 10.7. The Kier molecular flexibility index (Phi) is 9.26. The first-order valence-corrected chi connectivity index (χ1v) is 13.9. The van der Waals surface area contributed by atoms with Crippen LogP contribution in [-0.2, 0) is 9.59 Å². The quantitative estimate of drug-likeness (QED) is 0.463. The normalized spacial score (nSPS) is 15.8. The zero-order valence-corrected chi connectivity index (χ0v) is 23.0. The van der Waals surface area contributed by atoms with Crippen molar-refractivity contribution >= 4 is 34.8 Å². The van der Waals surface area contributed by atoms with Crippen molar-refractivity contribution in [1.82, 2.24) is 10.2 Å². The minimum atomic E-state index is -0.173. The molecule has 0 unspecified atom stereocenters. The van der Waals surface area contributed by atoms with Gasteiger partial charge in [0, 0.05) is 69.9 Å². The molecule has 0 aromatic heterocycles. The van der Waals surface area contributed by atoms with Gasteiger partial charge in [0.25, 0.3) is 5.91 Å². The van der Waals surface area contributed by atoms with Crippen LogP contribution in [0.5, 0.6) is 0 Å². The van der Waals surface area contributed by atoms with Gasteiger partial charge in [0.15, 0.2) is 0 Å². The lowest BCUT2D eigenvalue weighted by Gasteiger charge is -2.38. The number of hydrogen-bond acceptors (Lipinski definition) is 5. The molecule has 204 valence electrons. The fourth-order valence-corrected chi connectivity index (χ4v) is 5.25. The van der Waals surface area contributed by atoms with Gasteiger partial charge >= 0.3 is 0 Å². The third kappa shape index (κ3) is 7.05. The molecule has 0 bridgehead atoms. The molecule has 2 aliphatic rings. The minimum Gasteiger partial charge on any atom is -0.368 e. The Balaban J connectivity index is 1.42. The molecule has 2 saturated heterocycles. The Labute approximate surface area is 226 Å². The number of benzene rings is 2. The molecule has 0 radical (unpaired) electrons. The summed E-state index contributed by atoms with van der Waals surface area (Å²) in [6.45, 7) is 11.6. The number of rotatable bonds is 10. The van der Waals surface area contributed by atoms with Gasteiger partial charge in [0.05, 0.1) is 11.4 Å². The second kappa shape index (κ2) is 12.8. The maximum absolute atomic E-state index is 12.9. The molecule has 2 N–H and O–H groups in total. The van der Waals surface area contributed by atoms with Crippen LogP contribution < -0.4 is 20.4 Å². The van der Waals surface area contributed by atoms with Crippen LogP contribution in [0.15, 0.2) is 42.5 Å². The van der Waals surface area contributed by atoms with Crippen molar-refractivity contribution in [2.24, 2.45) is 5.92 Å². The highest BCUT2D eigenvalue weighted by molar-refractivity contribution is 6.00. The van der Waals surface area contributed by atoms with Gasteiger partial charge in [-0.25, -0.2) is 0 Å². The summed E-state index contributed by atoms with van der Waals surface area (Å²) in [4.78, 5) is 44.0. The highest BCUT2D eigenvalue weighted by Gasteiger charge is 2.23. The van der Waals surface area contributed by atoms with Gasteiger partial charge in [0.2, 0.25) is 11.8 Å². The predicted octanol–water partition coefficient (Wildman–Crippen LogP) is 4.05. The fraction of sp³-hybridized carbons (Fsp3) is 0.500. The number of anilines is 3. The number of nitrogens with one attached hydrogen (secondary N) is 2. The molecule has 38 heavy (non-hydrogen) atoms. The van der Waals surface area contributed by atoms with E-state index in [4.69, 9.17) is 0 Å². The van der Waals surface area contributed by atoms with Gasteiger partial charge < -0.3 is 25.3 Å². The van der Waals surface area contributed by atoms with Crippen molar-refractivity contribution in [3.63, 3.8) is 0 Å². The van der Waals surface area contributed by atoms with Gasteiger partial charge in [0.1, 0.15) is 0 Å². The SMILES string of the molecule is Cc1ccccc1N1CCN(c2ccc(C(=O)NCCCN3CCCC3=O)cc2NC(=O)CC(C)C)CC1. The second-order valence-corrected chi connectivity index (χ2v) is 10.7. The number of para-hydroxylation sites is 1. The van der Waals surface area contributed by atoms with Crippen LogP contribution in [0.25, 0.3) is 0 Å². The summed E-state index contributed by atoms with van der Waals surface area (Å²) >= 11 is 0. The smallest absolute Gasteiger partial charge is 0.251 e. The average Bonchev–Trinajstić information content (AvgIpc) is 3.31. The van der Waals surface area contributed by atoms with Gasteiger partial charge in [-0.3, -0.25) is 14.4 Å². The molecule has 4 rings (SSSR count). The lowest BCUT2D eigenvalue weighted by atomic mass is 10.1. The van der Waals surface area contributed by atoms with Crippen LogP contribution in [0, 0.1) is 12.8 Å². The lowest BCUT2D eigenvalue weighted by Crippen LogP contribution is -2.47. The molecule has 2 fully saturated rings. The monoisotopic (exact) mass is 519 g/mol. The van der Waals surface area contributed by atoms with Crippen LogP contribution in [0.3, 0.4) is 0 Å². The van der Waals surface area contributed by atoms with Gasteiger partial charge in [-0.1, -0.05) is 32.0 Å². The maximum atomic E-state index is 12.9. The van der Waals surface area contributed by atoms with E-state index in [0.29, 0.717) is 37.2 Å². The third-order valence-corrected chi connectivity index (χ3v) is 7.26. The molecule has 3 amide bonds. The molecule has 2 heterocycles. The number of likely N-dealkylation sites (tertiary alicyclic amines) is 1. The Morgan fingerprint density at radius 3 is 2.32 bits per heavy atom. The summed E-state index contributed by atoms with van der Waals surface area (Å²) in [5, 5.41) is 6.05. The Bertz CT molecular complexity index is 1140. The van der Waals surface area contributed by atoms with E-state index in [2.05, 4.69) is 51.6 Å². The van der Waals surface area contributed by atoms with Gasteiger partial charge in [-0.2, -0.15) is 0 Å². The van der Waals surface area contributed by atoms with Crippen molar-refractivity contribution in [3.05, 3.63) is 53.6 Å². The van der Waals surface area contributed by atoms with Gasteiger partial charge in [-0.15, -0.1) is 0 Å². The van der Waals surface area contributed by atoms with Crippen molar-refractivity contribution in [3.8, 4) is 0 Å². The highest BCUT2D eigenvalue weighted by Crippen LogP contribution is 2.30. The first kappa shape index (κ1) is 27.5. The molecule has 0 spiro atoms. The largest absolute Gasteiger partial charge is 0.368 e. The molecule has 0 atom stereocenters. The molecule has 0 saturated carbocycles. The Morgan fingerprint density at radius 1 is 0.947 bits per heavy atom. The molecule has 0 aliphatic carbocycles. The van der Waals surface area contributed by atoms with Crippen LogP contribution in [-0.4, -0.2) is 68.4 Å². The van der Waals surface area contributed by atoms with Crippen LogP contribution in [0.1, 0.15) is 55.5 Å². The van der Waals surface area contributed by atoms with E-state index in [1.165, 1.54) is 11.3 Å². The van der Waals surface area contributed by atoms with Crippen molar-refractivity contribution in [2.45, 2.75) is 46.5 Å². The molecule has 8 heteroatoms. The fourth-order valence-electron chi connectivity index (χ4n) is 5.25. The van der Waals surface area contributed by atoms with Crippen LogP contribution in [0.4, 0.5) is 17.1 Å². The zero-order valence-electron chi connectivity index (χ0n) is 23.0. The average molecular weight is 520 g/mol. The molecular weight excluding hydrogens is 478 g/mol. The standard InChI is InChI=1S/C30H41N5O3/c1-22(2)20-28(36)32-25-21-24(30(38)31-13-7-15-35-14-6-10-29(35)37)11-12-27(25)34-18-16-33(17-19-34)26-9-5-4-8-23(26)3/h4-5,8-9,11-12,21-22H,6-7,10,13-20H2,1-3H3,(H,31,38)(H,32,36). The number of aryl methyl sites for hydroxylation is 1. The first-order valence-electron chi connectivity index (χ1n) is 13.9. The predicted molar refractivity (Wildman–Crippen MR) is 153 cm³/mol.